The summed E-state index contributed by atoms with van der Waals surface area (Å²) >= 11 is 1.51. The predicted molar refractivity (Wildman–Crippen MR) is 99.0 cm³/mol. The molecule has 0 spiro atoms. The van der Waals surface area contributed by atoms with Crippen LogP contribution in [0.1, 0.15) is 18.4 Å². The van der Waals surface area contributed by atoms with Crippen molar-refractivity contribution in [2.24, 2.45) is 0 Å². The second-order valence-electron chi connectivity index (χ2n) is 6.11. The van der Waals surface area contributed by atoms with Crippen LogP contribution in [-0.4, -0.2) is 29.8 Å². The molecule has 6 heteroatoms. The van der Waals surface area contributed by atoms with E-state index in [0.29, 0.717) is 10.1 Å². The van der Waals surface area contributed by atoms with Gasteiger partial charge in [0.15, 0.2) is 0 Å². The van der Waals surface area contributed by atoms with Crippen molar-refractivity contribution in [1.29, 1.82) is 0 Å². The number of likely N-dealkylation sites (tertiary alicyclic amines) is 1. The Hall–Kier alpha value is -1.17. The molecule has 0 radical (unpaired) electrons. The minimum Gasteiger partial charge on any atom is -0.303 e. The van der Waals surface area contributed by atoms with Gasteiger partial charge in [-0.05, 0) is 62.2 Å². The number of rotatable bonds is 5. The second kappa shape index (κ2) is 9.51. The van der Waals surface area contributed by atoms with Gasteiger partial charge in [0, 0.05) is 22.8 Å². The summed E-state index contributed by atoms with van der Waals surface area (Å²) in [5.74, 6) is -1.21. The van der Waals surface area contributed by atoms with E-state index in [-0.39, 0.29) is 18.2 Å². The van der Waals surface area contributed by atoms with Crippen LogP contribution in [0.25, 0.3) is 0 Å². The largest absolute Gasteiger partial charge is 0.303 e. The quantitative estimate of drug-likeness (QED) is 0.682. The highest BCUT2D eigenvalue weighted by Crippen LogP contribution is 2.32. The van der Waals surface area contributed by atoms with E-state index in [2.05, 4.69) is 4.90 Å². The maximum atomic E-state index is 13.7. The Kier molecular flexibility index (Phi) is 7.66. The lowest BCUT2D eigenvalue weighted by Crippen LogP contribution is -2.36. The van der Waals surface area contributed by atoms with Crippen LogP contribution >= 0.6 is 24.2 Å². The summed E-state index contributed by atoms with van der Waals surface area (Å²) in [5.41, 5.74) is 1.14. The van der Waals surface area contributed by atoms with Gasteiger partial charge in [0.2, 0.25) is 0 Å². The maximum Gasteiger partial charge on any atom is 0.139 e. The minimum atomic E-state index is -0.535. The number of benzene rings is 2. The molecule has 1 fully saturated rings. The van der Waals surface area contributed by atoms with E-state index in [1.165, 1.54) is 36.0 Å². The van der Waals surface area contributed by atoms with E-state index in [1.54, 1.807) is 0 Å². The Balaban J connectivity index is 0.00000225. The van der Waals surface area contributed by atoms with Crippen LogP contribution in [-0.2, 0) is 6.42 Å². The SMILES string of the molecule is Cl.Fc1ccc(CCN2CCC(Sc3ccc(F)cc3F)CC2)cc1. The smallest absolute Gasteiger partial charge is 0.139 e. The molecule has 0 unspecified atom stereocenters. The van der Waals surface area contributed by atoms with E-state index in [4.69, 9.17) is 0 Å². The molecule has 0 saturated carbocycles. The first kappa shape index (κ1) is 20.1. The summed E-state index contributed by atoms with van der Waals surface area (Å²) in [5, 5.41) is 0.368. The highest BCUT2D eigenvalue weighted by Gasteiger charge is 2.21. The molecule has 1 heterocycles. The van der Waals surface area contributed by atoms with Crippen LogP contribution in [0.4, 0.5) is 13.2 Å². The van der Waals surface area contributed by atoms with Crippen molar-refractivity contribution in [1.82, 2.24) is 4.90 Å². The topological polar surface area (TPSA) is 3.24 Å². The van der Waals surface area contributed by atoms with Crippen molar-refractivity contribution in [3.63, 3.8) is 0 Å². The lowest BCUT2D eigenvalue weighted by Gasteiger charge is -2.31. The van der Waals surface area contributed by atoms with Gasteiger partial charge >= 0.3 is 0 Å². The van der Waals surface area contributed by atoms with Crippen LogP contribution in [0.15, 0.2) is 47.4 Å². The Labute approximate surface area is 157 Å². The fraction of sp³-hybridized carbons (Fsp3) is 0.368. The predicted octanol–water partition coefficient (Wildman–Crippen LogP) is 5.32. The highest BCUT2D eigenvalue weighted by molar-refractivity contribution is 8.00. The summed E-state index contributed by atoms with van der Waals surface area (Å²) in [7, 11) is 0. The minimum absolute atomic E-state index is 0. The van der Waals surface area contributed by atoms with Crippen molar-refractivity contribution in [3.8, 4) is 0 Å². The Morgan fingerprint density at radius 2 is 1.56 bits per heavy atom. The normalized spacial score (nSPS) is 15.8. The van der Waals surface area contributed by atoms with Gasteiger partial charge in [0.05, 0.1) is 0 Å². The van der Waals surface area contributed by atoms with Crippen LogP contribution in [0.3, 0.4) is 0 Å². The molecule has 2 aromatic rings. The molecule has 136 valence electrons. The third-order valence-corrected chi connectivity index (χ3v) is 5.74. The third kappa shape index (κ3) is 5.94. The van der Waals surface area contributed by atoms with Crippen LogP contribution in [0.5, 0.6) is 0 Å². The fourth-order valence-electron chi connectivity index (χ4n) is 2.94. The molecule has 3 rings (SSSR count). The maximum absolute atomic E-state index is 13.7. The van der Waals surface area contributed by atoms with Crippen molar-refractivity contribution in [2.75, 3.05) is 19.6 Å². The van der Waals surface area contributed by atoms with Crippen molar-refractivity contribution in [2.45, 2.75) is 29.4 Å². The number of thioether (sulfide) groups is 1. The first-order chi connectivity index (χ1) is 11.6. The number of piperidine rings is 1. The van der Waals surface area contributed by atoms with Crippen LogP contribution < -0.4 is 0 Å². The van der Waals surface area contributed by atoms with Gasteiger partial charge < -0.3 is 4.90 Å². The molecule has 1 nitrogen and oxygen atoms in total. The average molecular weight is 388 g/mol. The molecule has 0 bridgehead atoms. The Bertz CT molecular complexity index is 673. The fourth-order valence-corrected chi connectivity index (χ4v) is 4.06. The van der Waals surface area contributed by atoms with Crippen molar-refractivity contribution in [3.05, 3.63) is 65.5 Å². The molecule has 25 heavy (non-hydrogen) atoms. The number of halogens is 4. The molecule has 1 aliphatic heterocycles. The molecular formula is C19H21ClF3NS. The van der Waals surface area contributed by atoms with E-state index in [0.717, 1.165) is 50.5 Å². The van der Waals surface area contributed by atoms with Gasteiger partial charge in [0.1, 0.15) is 17.5 Å². The van der Waals surface area contributed by atoms with Crippen molar-refractivity contribution < 1.29 is 13.2 Å². The van der Waals surface area contributed by atoms with Crippen LogP contribution in [0.2, 0.25) is 0 Å². The Morgan fingerprint density at radius 1 is 0.920 bits per heavy atom. The molecule has 0 atom stereocenters. The molecule has 1 saturated heterocycles. The summed E-state index contributed by atoms with van der Waals surface area (Å²) in [6, 6.07) is 10.4. The van der Waals surface area contributed by atoms with Gasteiger partial charge in [-0.25, -0.2) is 13.2 Å². The molecule has 0 N–H and O–H groups in total. The molecule has 1 aliphatic rings. The van der Waals surface area contributed by atoms with Crippen molar-refractivity contribution >= 4 is 24.2 Å². The number of hydrogen-bond donors (Lipinski definition) is 0. The number of hydrogen-bond acceptors (Lipinski definition) is 2. The molecule has 0 amide bonds. The van der Waals surface area contributed by atoms with E-state index in [1.807, 2.05) is 12.1 Å². The summed E-state index contributed by atoms with van der Waals surface area (Å²) < 4.78 is 39.6. The lowest BCUT2D eigenvalue weighted by atomic mass is 10.1. The molecule has 0 aliphatic carbocycles. The number of nitrogens with zero attached hydrogens (tertiary/aromatic N) is 1. The van der Waals surface area contributed by atoms with Gasteiger partial charge in [-0.3, -0.25) is 0 Å². The van der Waals surface area contributed by atoms with Gasteiger partial charge in [0.25, 0.3) is 0 Å². The molecule has 0 aromatic heterocycles. The van der Waals surface area contributed by atoms with Gasteiger partial charge in [-0.15, -0.1) is 24.2 Å². The third-order valence-electron chi connectivity index (χ3n) is 4.35. The zero-order chi connectivity index (χ0) is 16.9. The monoisotopic (exact) mass is 387 g/mol. The zero-order valence-electron chi connectivity index (χ0n) is 13.8. The average Bonchev–Trinajstić information content (AvgIpc) is 2.58. The summed E-state index contributed by atoms with van der Waals surface area (Å²) in [6.45, 7) is 2.90. The highest BCUT2D eigenvalue weighted by atomic mass is 35.5. The zero-order valence-corrected chi connectivity index (χ0v) is 15.4. The van der Waals surface area contributed by atoms with Gasteiger partial charge in [-0.2, -0.15) is 0 Å². The first-order valence-corrected chi connectivity index (χ1v) is 9.06. The first-order valence-electron chi connectivity index (χ1n) is 8.18. The van der Waals surface area contributed by atoms with E-state index in [9.17, 15) is 13.2 Å². The van der Waals surface area contributed by atoms with Gasteiger partial charge in [-0.1, -0.05) is 12.1 Å². The second-order valence-corrected chi connectivity index (χ2v) is 7.45. The molecule has 2 aromatic carbocycles. The summed E-state index contributed by atoms with van der Waals surface area (Å²) in [6.07, 6.45) is 2.89. The molecular weight excluding hydrogens is 367 g/mol. The Morgan fingerprint density at radius 3 is 2.20 bits per heavy atom. The standard InChI is InChI=1S/C19H20F3NS.ClH/c20-15-3-1-14(2-4-15)7-10-23-11-8-17(9-12-23)24-19-6-5-16(21)13-18(19)22;/h1-6,13,17H,7-12H2;1H. The summed E-state index contributed by atoms with van der Waals surface area (Å²) in [4.78, 5) is 2.92. The lowest BCUT2D eigenvalue weighted by molar-refractivity contribution is 0.235. The van der Waals surface area contributed by atoms with E-state index >= 15 is 0 Å². The van der Waals surface area contributed by atoms with E-state index < -0.39 is 11.6 Å². The van der Waals surface area contributed by atoms with Crippen LogP contribution in [0, 0.1) is 17.5 Å².